The van der Waals surface area contributed by atoms with Crippen LogP contribution in [0.2, 0.25) is 0 Å². The first-order valence-corrected chi connectivity index (χ1v) is 9.13. The van der Waals surface area contributed by atoms with E-state index in [0.717, 1.165) is 5.69 Å². The maximum absolute atomic E-state index is 12.4. The third kappa shape index (κ3) is 4.18. The van der Waals surface area contributed by atoms with Crippen molar-refractivity contribution in [2.75, 3.05) is 0 Å². The number of carbonyl (C=O) groups is 1. The second-order valence-corrected chi connectivity index (χ2v) is 6.40. The lowest BCUT2D eigenvalue weighted by Crippen LogP contribution is -2.22. The Hall–Kier alpha value is -3.52. The van der Waals surface area contributed by atoms with Gasteiger partial charge in [-0.2, -0.15) is 11.3 Å². The van der Waals surface area contributed by atoms with Crippen molar-refractivity contribution in [3.8, 4) is 17.3 Å². The molecule has 0 unspecified atom stereocenters. The molecule has 0 saturated heterocycles. The fourth-order valence-electron chi connectivity index (χ4n) is 2.40. The number of hydrogen-bond donors (Lipinski definition) is 1. The molecule has 0 aliphatic heterocycles. The molecule has 3 aromatic heterocycles. The van der Waals surface area contributed by atoms with Crippen molar-refractivity contribution in [3.63, 3.8) is 0 Å². The molecule has 1 amide bonds. The van der Waals surface area contributed by atoms with Crippen molar-refractivity contribution in [2.45, 2.75) is 6.54 Å². The summed E-state index contributed by atoms with van der Waals surface area (Å²) in [5.41, 5.74) is 2.12. The number of nitrogens with zero attached hydrogens (tertiary/aromatic N) is 4. The Morgan fingerprint density at radius 1 is 1.19 bits per heavy atom. The van der Waals surface area contributed by atoms with Gasteiger partial charge in [0.05, 0.1) is 18.4 Å². The number of nitrogens with one attached hydrogen (secondary N) is 1. The summed E-state index contributed by atoms with van der Waals surface area (Å²) in [6, 6.07) is 14.3. The average molecular weight is 377 g/mol. The van der Waals surface area contributed by atoms with Crippen LogP contribution in [0.5, 0.6) is 11.6 Å². The minimum Gasteiger partial charge on any atom is -0.439 e. The number of amides is 1. The van der Waals surface area contributed by atoms with Gasteiger partial charge in [-0.3, -0.25) is 4.79 Å². The molecule has 4 aromatic rings. The van der Waals surface area contributed by atoms with E-state index in [1.807, 2.05) is 29.0 Å². The zero-order valence-corrected chi connectivity index (χ0v) is 15.0. The van der Waals surface area contributed by atoms with E-state index < -0.39 is 0 Å². The highest BCUT2D eigenvalue weighted by molar-refractivity contribution is 7.08. The van der Waals surface area contributed by atoms with Crippen LogP contribution in [0.3, 0.4) is 0 Å². The predicted octanol–water partition coefficient (Wildman–Crippen LogP) is 3.45. The highest BCUT2D eigenvalue weighted by Gasteiger charge is 2.09. The number of carbonyl (C=O) groups excluding carboxylic acids is 1. The molecule has 8 heteroatoms. The summed E-state index contributed by atoms with van der Waals surface area (Å²) in [4.78, 5) is 16.5. The Morgan fingerprint density at radius 3 is 2.96 bits per heavy atom. The van der Waals surface area contributed by atoms with Crippen molar-refractivity contribution in [1.29, 1.82) is 0 Å². The molecule has 0 atom stereocenters. The molecular formula is C19H15N5O2S. The first-order valence-electron chi connectivity index (χ1n) is 8.19. The molecule has 0 aliphatic carbocycles. The highest BCUT2D eigenvalue weighted by atomic mass is 32.1. The second-order valence-electron chi connectivity index (χ2n) is 5.62. The van der Waals surface area contributed by atoms with E-state index in [1.54, 1.807) is 58.7 Å². The first-order chi connectivity index (χ1) is 13.3. The summed E-state index contributed by atoms with van der Waals surface area (Å²) in [6.07, 6.45) is 3.44. The van der Waals surface area contributed by atoms with Crippen LogP contribution in [0.15, 0.2) is 71.7 Å². The zero-order chi connectivity index (χ0) is 18.5. The monoisotopic (exact) mass is 377 g/mol. The lowest BCUT2D eigenvalue weighted by molar-refractivity contribution is 0.0950. The van der Waals surface area contributed by atoms with E-state index >= 15 is 0 Å². The number of pyridine rings is 1. The molecule has 0 spiro atoms. The Kier molecular flexibility index (Phi) is 4.88. The summed E-state index contributed by atoms with van der Waals surface area (Å²) < 4.78 is 7.34. The van der Waals surface area contributed by atoms with Crippen molar-refractivity contribution in [1.82, 2.24) is 25.3 Å². The standard InChI is InChI=1S/C19H15N5O2S/c25-19(21-11-15-12-24(23-22-15)16-7-9-27-13-16)14-4-3-5-17(10-14)26-18-6-1-2-8-20-18/h1-10,12-13H,11H2,(H,21,25). The van der Waals surface area contributed by atoms with Gasteiger partial charge in [-0.1, -0.05) is 17.3 Å². The third-order valence-corrected chi connectivity index (χ3v) is 4.37. The van der Waals surface area contributed by atoms with Crippen LogP contribution in [-0.2, 0) is 6.54 Å². The van der Waals surface area contributed by atoms with Crippen LogP contribution in [0, 0.1) is 0 Å². The van der Waals surface area contributed by atoms with Gasteiger partial charge in [0.2, 0.25) is 5.88 Å². The Balaban J connectivity index is 1.39. The Labute approximate surface area is 159 Å². The minimum atomic E-state index is -0.216. The minimum absolute atomic E-state index is 0.216. The third-order valence-electron chi connectivity index (χ3n) is 3.70. The molecular weight excluding hydrogens is 362 g/mol. The van der Waals surface area contributed by atoms with Crippen LogP contribution >= 0.6 is 11.3 Å². The topological polar surface area (TPSA) is 81.9 Å². The van der Waals surface area contributed by atoms with E-state index in [0.29, 0.717) is 22.9 Å². The summed E-state index contributed by atoms with van der Waals surface area (Å²) in [7, 11) is 0. The molecule has 4 rings (SSSR count). The lowest BCUT2D eigenvalue weighted by atomic mass is 10.2. The molecule has 1 aromatic carbocycles. The van der Waals surface area contributed by atoms with Gasteiger partial charge in [-0.25, -0.2) is 9.67 Å². The van der Waals surface area contributed by atoms with Gasteiger partial charge in [0, 0.05) is 23.2 Å². The fourth-order valence-corrected chi connectivity index (χ4v) is 3.02. The quantitative estimate of drug-likeness (QED) is 0.557. The van der Waals surface area contributed by atoms with E-state index in [9.17, 15) is 4.79 Å². The Bertz CT molecular complexity index is 1030. The molecule has 134 valence electrons. The molecule has 0 radical (unpaired) electrons. The van der Waals surface area contributed by atoms with Gasteiger partial charge in [0.15, 0.2) is 0 Å². The number of benzene rings is 1. The summed E-state index contributed by atoms with van der Waals surface area (Å²) in [5.74, 6) is 0.802. The van der Waals surface area contributed by atoms with Crippen molar-refractivity contribution in [2.24, 2.45) is 0 Å². The van der Waals surface area contributed by atoms with Gasteiger partial charge < -0.3 is 10.1 Å². The van der Waals surface area contributed by atoms with E-state index in [1.165, 1.54) is 0 Å². The van der Waals surface area contributed by atoms with Gasteiger partial charge >= 0.3 is 0 Å². The van der Waals surface area contributed by atoms with Crippen molar-refractivity contribution < 1.29 is 9.53 Å². The van der Waals surface area contributed by atoms with Gasteiger partial charge in [0.1, 0.15) is 11.4 Å². The van der Waals surface area contributed by atoms with Crippen LogP contribution in [0.1, 0.15) is 16.1 Å². The molecule has 0 saturated carbocycles. The van der Waals surface area contributed by atoms with Crippen LogP contribution in [0.4, 0.5) is 0 Å². The van der Waals surface area contributed by atoms with Gasteiger partial charge in [-0.15, -0.1) is 5.10 Å². The summed E-state index contributed by atoms with van der Waals surface area (Å²) >= 11 is 1.59. The molecule has 27 heavy (non-hydrogen) atoms. The largest absolute Gasteiger partial charge is 0.439 e. The fraction of sp³-hybridized carbons (Fsp3) is 0.0526. The van der Waals surface area contributed by atoms with Crippen LogP contribution in [-0.4, -0.2) is 25.9 Å². The van der Waals surface area contributed by atoms with Crippen molar-refractivity contribution in [3.05, 3.63) is 82.9 Å². The molecule has 3 heterocycles. The van der Waals surface area contributed by atoms with E-state index in [2.05, 4.69) is 20.6 Å². The SMILES string of the molecule is O=C(NCc1cn(-c2ccsc2)nn1)c1cccc(Oc2ccccn2)c1. The number of aromatic nitrogens is 4. The molecule has 7 nitrogen and oxygen atoms in total. The highest BCUT2D eigenvalue weighted by Crippen LogP contribution is 2.20. The smallest absolute Gasteiger partial charge is 0.251 e. The molecule has 0 aliphatic rings. The molecule has 0 bridgehead atoms. The molecule has 0 fully saturated rings. The lowest BCUT2D eigenvalue weighted by Gasteiger charge is -2.07. The average Bonchev–Trinajstić information content (AvgIpc) is 3.39. The van der Waals surface area contributed by atoms with E-state index in [4.69, 9.17) is 4.74 Å². The summed E-state index contributed by atoms with van der Waals surface area (Å²) in [5, 5.41) is 14.9. The maximum atomic E-state index is 12.4. The normalized spacial score (nSPS) is 10.5. The predicted molar refractivity (Wildman–Crippen MR) is 101 cm³/mol. The number of rotatable bonds is 6. The number of thiophene rings is 1. The second kappa shape index (κ2) is 7.79. The van der Waals surface area contributed by atoms with Gasteiger partial charge in [0.25, 0.3) is 5.91 Å². The number of ether oxygens (including phenoxy) is 1. The molecule has 1 N–H and O–H groups in total. The van der Waals surface area contributed by atoms with Gasteiger partial charge in [-0.05, 0) is 35.7 Å². The maximum Gasteiger partial charge on any atom is 0.251 e. The van der Waals surface area contributed by atoms with Crippen LogP contribution < -0.4 is 10.1 Å². The van der Waals surface area contributed by atoms with Crippen molar-refractivity contribution >= 4 is 17.2 Å². The number of hydrogen-bond acceptors (Lipinski definition) is 6. The summed E-state index contributed by atoms with van der Waals surface area (Å²) in [6.45, 7) is 0.286. The first kappa shape index (κ1) is 16.9. The Morgan fingerprint density at radius 2 is 2.15 bits per heavy atom. The van der Waals surface area contributed by atoms with Crippen LogP contribution in [0.25, 0.3) is 5.69 Å². The van der Waals surface area contributed by atoms with E-state index in [-0.39, 0.29) is 12.5 Å². The zero-order valence-electron chi connectivity index (χ0n) is 14.1.